The van der Waals surface area contributed by atoms with Crippen LogP contribution in [-0.2, 0) is 0 Å². The largest absolute Gasteiger partial charge is 0.337 e. The Morgan fingerprint density at radius 1 is 1.17 bits per heavy atom. The number of nitrogens with one attached hydrogen (secondary N) is 1. The fourth-order valence-corrected chi connectivity index (χ4v) is 2.62. The third kappa shape index (κ3) is 4.76. The van der Waals surface area contributed by atoms with Gasteiger partial charge in [0.2, 0.25) is 5.95 Å². The van der Waals surface area contributed by atoms with Crippen LogP contribution in [-0.4, -0.2) is 33.9 Å². The molecule has 0 aliphatic carbocycles. The summed E-state index contributed by atoms with van der Waals surface area (Å²) in [7, 11) is 0. The molecule has 2 aromatic rings. The number of carbonyl (C=O) groups excluding carboxylic acids is 1. The van der Waals surface area contributed by atoms with Gasteiger partial charge in [-0.1, -0.05) is 26.0 Å². The first kappa shape index (κ1) is 17.4. The van der Waals surface area contributed by atoms with Crippen molar-refractivity contribution in [1.82, 2.24) is 14.9 Å². The minimum atomic E-state index is -0.0497. The van der Waals surface area contributed by atoms with Crippen LogP contribution in [0.25, 0.3) is 0 Å². The molecule has 2 rings (SSSR count). The summed E-state index contributed by atoms with van der Waals surface area (Å²) in [5, 5.41) is 3.13. The number of halogens is 1. The molecule has 0 aliphatic rings. The summed E-state index contributed by atoms with van der Waals surface area (Å²) in [5.41, 5.74) is 1.27. The minimum Gasteiger partial charge on any atom is -0.337 e. The van der Waals surface area contributed by atoms with E-state index >= 15 is 0 Å². The summed E-state index contributed by atoms with van der Waals surface area (Å²) < 4.78 is 0.916. The average Bonchev–Trinajstić information content (AvgIpc) is 2.56. The van der Waals surface area contributed by atoms with Crippen molar-refractivity contribution >= 4 is 33.5 Å². The van der Waals surface area contributed by atoms with Gasteiger partial charge in [-0.2, -0.15) is 0 Å². The molecule has 0 bridgehead atoms. The van der Waals surface area contributed by atoms with Crippen molar-refractivity contribution in [3.8, 4) is 0 Å². The van der Waals surface area contributed by atoms with Gasteiger partial charge in [0, 0.05) is 23.8 Å². The van der Waals surface area contributed by atoms with Crippen LogP contribution < -0.4 is 5.32 Å². The number of nitrogens with zero attached hydrogens (tertiary/aromatic N) is 3. The van der Waals surface area contributed by atoms with Crippen LogP contribution >= 0.6 is 15.9 Å². The molecule has 23 heavy (non-hydrogen) atoms. The van der Waals surface area contributed by atoms with Crippen molar-refractivity contribution in [2.24, 2.45) is 0 Å². The molecule has 0 unspecified atom stereocenters. The zero-order chi connectivity index (χ0) is 16.7. The SMILES string of the molecule is CCCN(CCC)C(=O)c1ccnc(Nc2ccccc2Br)n1. The third-order valence-electron chi connectivity index (χ3n) is 3.27. The van der Waals surface area contributed by atoms with Crippen molar-refractivity contribution in [3.05, 3.63) is 46.7 Å². The second-order valence-corrected chi connectivity index (χ2v) is 6.02. The van der Waals surface area contributed by atoms with Gasteiger partial charge in [0.05, 0.1) is 5.69 Å². The quantitative estimate of drug-likeness (QED) is 0.784. The zero-order valence-electron chi connectivity index (χ0n) is 13.4. The zero-order valence-corrected chi connectivity index (χ0v) is 15.0. The highest BCUT2D eigenvalue weighted by atomic mass is 79.9. The van der Waals surface area contributed by atoms with E-state index < -0.39 is 0 Å². The number of amides is 1. The molecule has 0 radical (unpaired) electrons. The van der Waals surface area contributed by atoms with Gasteiger partial charge in [0.1, 0.15) is 5.69 Å². The van der Waals surface area contributed by atoms with Crippen molar-refractivity contribution in [2.45, 2.75) is 26.7 Å². The van der Waals surface area contributed by atoms with Crippen molar-refractivity contribution < 1.29 is 4.79 Å². The van der Waals surface area contributed by atoms with Crippen LogP contribution in [0.3, 0.4) is 0 Å². The maximum atomic E-state index is 12.6. The maximum absolute atomic E-state index is 12.6. The predicted molar refractivity (Wildman–Crippen MR) is 95.9 cm³/mol. The van der Waals surface area contributed by atoms with Crippen molar-refractivity contribution in [3.63, 3.8) is 0 Å². The highest BCUT2D eigenvalue weighted by molar-refractivity contribution is 9.10. The molecule has 0 fully saturated rings. The Labute approximate surface area is 145 Å². The van der Waals surface area contributed by atoms with Crippen LogP contribution in [0.4, 0.5) is 11.6 Å². The molecule has 1 N–H and O–H groups in total. The topological polar surface area (TPSA) is 58.1 Å². The molecule has 1 heterocycles. The number of aromatic nitrogens is 2. The number of rotatable bonds is 7. The van der Waals surface area contributed by atoms with Gasteiger partial charge in [0.15, 0.2) is 0 Å². The van der Waals surface area contributed by atoms with E-state index in [1.807, 2.05) is 29.2 Å². The Morgan fingerprint density at radius 3 is 2.52 bits per heavy atom. The number of para-hydroxylation sites is 1. The van der Waals surface area contributed by atoms with E-state index in [2.05, 4.69) is 45.1 Å². The molecule has 0 atom stereocenters. The summed E-state index contributed by atoms with van der Waals surface area (Å²) >= 11 is 3.47. The van der Waals surface area contributed by atoms with Crippen molar-refractivity contribution in [2.75, 3.05) is 18.4 Å². The second-order valence-electron chi connectivity index (χ2n) is 5.16. The van der Waals surface area contributed by atoms with E-state index in [1.54, 1.807) is 12.3 Å². The van der Waals surface area contributed by atoms with Gasteiger partial charge in [-0.15, -0.1) is 0 Å². The Bertz CT molecular complexity index is 657. The maximum Gasteiger partial charge on any atom is 0.272 e. The summed E-state index contributed by atoms with van der Waals surface area (Å²) in [6.45, 7) is 5.61. The summed E-state index contributed by atoms with van der Waals surface area (Å²) in [5.74, 6) is 0.363. The Morgan fingerprint density at radius 2 is 1.87 bits per heavy atom. The Balaban J connectivity index is 2.18. The third-order valence-corrected chi connectivity index (χ3v) is 3.96. The van der Waals surface area contributed by atoms with Gasteiger partial charge < -0.3 is 10.2 Å². The van der Waals surface area contributed by atoms with E-state index in [0.29, 0.717) is 11.6 Å². The lowest BCUT2D eigenvalue weighted by Gasteiger charge is -2.21. The first-order chi connectivity index (χ1) is 11.2. The van der Waals surface area contributed by atoms with Crippen molar-refractivity contribution in [1.29, 1.82) is 0 Å². The molecule has 1 aromatic heterocycles. The van der Waals surface area contributed by atoms with E-state index in [9.17, 15) is 4.79 Å². The monoisotopic (exact) mass is 376 g/mol. The summed E-state index contributed by atoms with van der Waals surface area (Å²) in [6.07, 6.45) is 3.47. The molecule has 0 saturated heterocycles. The molecule has 0 saturated carbocycles. The molecule has 1 aromatic carbocycles. The van der Waals surface area contributed by atoms with E-state index in [-0.39, 0.29) is 5.91 Å². The van der Waals surface area contributed by atoms with Crippen LogP contribution in [0.5, 0.6) is 0 Å². The Hall–Kier alpha value is -1.95. The van der Waals surface area contributed by atoms with Gasteiger partial charge in [0.25, 0.3) is 5.91 Å². The lowest BCUT2D eigenvalue weighted by molar-refractivity contribution is 0.0749. The van der Waals surface area contributed by atoms with Gasteiger partial charge in [-0.3, -0.25) is 4.79 Å². The van der Waals surface area contributed by atoms with Gasteiger partial charge in [-0.05, 0) is 47.0 Å². The molecule has 0 spiro atoms. The van der Waals surface area contributed by atoms with Crippen LogP contribution in [0.2, 0.25) is 0 Å². The van der Waals surface area contributed by atoms with E-state index in [1.165, 1.54) is 0 Å². The fourth-order valence-electron chi connectivity index (χ4n) is 2.24. The number of hydrogen-bond acceptors (Lipinski definition) is 4. The molecule has 1 amide bonds. The lowest BCUT2D eigenvalue weighted by atomic mass is 10.3. The molecule has 0 aliphatic heterocycles. The summed E-state index contributed by atoms with van der Waals surface area (Å²) in [6, 6.07) is 9.37. The molecular formula is C17H21BrN4O. The molecule has 6 heteroatoms. The standard InChI is InChI=1S/C17H21BrN4O/c1-3-11-22(12-4-2)16(23)15-9-10-19-17(21-15)20-14-8-6-5-7-13(14)18/h5-10H,3-4,11-12H2,1-2H3,(H,19,20,21). The molecule has 122 valence electrons. The van der Waals surface area contributed by atoms with E-state index in [4.69, 9.17) is 0 Å². The van der Waals surface area contributed by atoms with Gasteiger partial charge >= 0.3 is 0 Å². The number of anilines is 2. The highest BCUT2D eigenvalue weighted by Gasteiger charge is 2.16. The lowest BCUT2D eigenvalue weighted by Crippen LogP contribution is -2.33. The molecular weight excluding hydrogens is 356 g/mol. The first-order valence-electron chi connectivity index (χ1n) is 7.79. The van der Waals surface area contributed by atoms with E-state index in [0.717, 1.165) is 36.1 Å². The molecule has 5 nitrogen and oxygen atoms in total. The van der Waals surface area contributed by atoms with Crippen LogP contribution in [0, 0.1) is 0 Å². The first-order valence-corrected chi connectivity index (χ1v) is 8.58. The normalized spacial score (nSPS) is 10.4. The van der Waals surface area contributed by atoms with Crippen LogP contribution in [0.15, 0.2) is 41.0 Å². The number of carbonyl (C=O) groups is 1. The highest BCUT2D eigenvalue weighted by Crippen LogP contribution is 2.23. The number of benzene rings is 1. The van der Waals surface area contributed by atoms with Gasteiger partial charge in [-0.25, -0.2) is 9.97 Å². The fraction of sp³-hybridized carbons (Fsp3) is 0.353. The second kappa shape index (κ2) is 8.62. The summed E-state index contributed by atoms with van der Waals surface area (Å²) in [4.78, 5) is 23.0. The smallest absolute Gasteiger partial charge is 0.272 e. The van der Waals surface area contributed by atoms with Crippen LogP contribution in [0.1, 0.15) is 37.2 Å². The predicted octanol–water partition coefficient (Wildman–Crippen LogP) is 4.24. The average molecular weight is 377 g/mol. The minimum absolute atomic E-state index is 0.0497. The number of hydrogen-bond donors (Lipinski definition) is 1. The Kier molecular flexibility index (Phi) is 6.52.